The van der Waals surface area contributed by atoms with Gasteiger partial charge in [-0.1, -0.05) is 30.3 Å². The number of anilines is 1. The van der Waals surface area contributed by atoms with Crippen LogP contribution in [-0.4, -0.2) is 27.9 Å². The number of benzene rings is 3. The fourth-order valence-electron chi connectivity index (χ4n) is 4.53. The zero-order chi connectivity index (χ0) is 27.7. The molecular weight excluding hydrogens is 528 g/mol. The van der Waals surface area contributed by atoms with Gasteiger partial charge in [-0.25, -0.2) is 18.0 Å². The summed E-state index contributed by atoms with van der Waals surface area (Å²) in [5, 5.41) is 11.1. The van der Waals surface area contributed by atoms with Gasteiger partial charge in [0.2, 0.25) is 5.82 Å². The van der Waals surface area contributed by atoms with E-state index < -0.39 is 14.9 Å². The summed E-state index contributed by atoms with van der Waals surface area (Å²) < 4.78 is 32.5. The van der Waals surface area contributed by atoms with Crippen LogP contribution in [0.15, 0.2) is 126 Å². The monoisotopic (exact) mass is 549 g/mol. The summed E-state index contributed by atoms with van der Waals surface area (Å²) in [5.41, 5.74) is 2.61. The first-order chi connectivity index (χ1) is 19.4. The van der Waals surface area contributed by atoms with Crippen LogP contribution in [0.2, 0.25) is 0 Å². The molecule has 0 bridgehead atoms. The van der Waals surface area contributed by atoms with E-state index in [0.717, 1.165) is 28.5 Å². The fourth-order valence-corrected chi connectivity index (χ4v) is 5.63. The van der Waals surface area contributed by atoms with Crippen LogP contribution in [0.5, 0.6) is 0 Å². The van der Waals surface area contributed by atoms with Crippen molar-refractivity contribution < 1.29 is 17.9 Å². The Morgan fingerprint density at radius 3 is 2.23 bits per heavy atom. The molecule has 196 valence electrons. The van der Waals surface area contributed by atoms with Gasteiger partial charge in [0.25, 0.3) is 21.5 Å². The van der Waals surface area contributed by atoms with Crippen molar-refractivity contribution in [3.05, 3.63) is 132 Å². The van der Waals surface area contributed by atoms with E-state index in [-0.39, 0.29) is 10.6 Å². The third kappa shape index (κ3) is 4.54. The van der Waals surface area contributed by atoms with Crippen LogP contribution < -0.4 is 9.29 Å². The molecule has 0 atom stereocenters. The Bertz CT molecular complexity index is 1880. The number of nitrogens with zero attached hydrogens (tertiary/aromatic N) is 5. The van der Waals surface area contributed by atoms with Crippen molar-refractivity contribution in [1.29, 1.82) is 0 Å². The van der Waals surface area contributed by atoms with Gasteiger partial charge in [0.1, 0.15) is 17.2 Å². The highest BCUT2D eigenvalue weighted by Crippen LogP contribution is 2.29. The zero-order valence-corrected chi connectivity index (χ0v) is 21.6. The van der Waals surface area contributed by atoms with Crippen molar-refractivity contribution >= 4 is 32.4 Å². The van der Waals surface area contributed by atoms with Crippen LogP contribution in [0.1, 0.15) is 0 Å². The smallest absolute Gasteiger partial charge is 0.270 e. The van der Waals surface area contributed by atoms with E-state index in [0.29, 0.717) is 17.3 Å². The molecule has 3 aromatic carbocycles. The number of pyridine rings is 2. The van der Waals surface area contributed by atoms with Crippen molar-refractivity contribution in [1.82, 2.24) is 14.5 Å². The number of hydrogen-bond donors (Lipinski definition) is 1. The summed E-state index contributed by atoms with van der Waals surface area (Å²) in [6.07, 6.45) is 3.45. The summed E-state index contributed by atoms with van der Waals surface area (Å²) in [7, 11) is -4.05. The van der Waals surface area contributed by atoms with E-state index in [9.17, 15) is 18.5 Å². The topological polar surface area (TPSA) is 124 Å². The Morgan fingerprint density at radius 1 is 0.800 bits per heavy atom. The number of hydrogen-bond acceptors (Lipinski definition) is 6. The summed E-state index contributed by atoms with van der Waals surface area (Å²) in [4.78, 5) is 19.5. The van der Waals surface area contributed by atoms with Crippen molar-refractivity contribution in [2.75, 3.05) is 4.72 Å². The minimum atomic E-state index is -4.05. The van der Waals surface area contributed by atoms with Gasteiger partial charge in [-0.2, -0.15) is 4.57 Å². The molecule has 0 spiro atoms. The minimum absolute atomic E-state index is 0.200. The molecule has 10 nitrogen and oxygen atoms in total. The average molecular weight is 550 g/mol. The predicted octanol–water partition coefficient (Wildman–Crippen LogP) is 5.07. The molecule has 6 aromatic rings. The lowest BCUT2D eigenvalue weighted by Gasteiger charge is -2.10. The van der Waals surface area contributed by atoms with E-state index in [1.807, 2.05) is 69.8 Å². The van der Waals surface area contributed by atoms with Crippen molar-refractivity contribution in [3.8, 4) is 23.0 Å². The summed E-state index contributed by atoms with van der Waals surface area (Å²) in [6, 6.07) is 31.1. The maximum Gasteiger partial charge on any atom is 0.270 e. The van der Waals surface area contributed by atoms with Gasteiger partial charge < -0.3 is 0 Å². The van der Waals surface area contributed by atoms with Crippen LogP contribution >= 0.6 is 0 Å². The summed E-state index contributed by atoms with van der Waals surface area (Å²) in [6.45, 7) is 0. The maximum atomic E-state index is 13.0. The van der Waals surface area contributed by atoms with Crippen LogP contribution in [0.3, 0.4) is 0 Å². The van der Waals surface area contributed by atoms with Gasteiger partial charge in [0, 0.05) is 35.6 Å². The number of nitrogens with one attached hydrogen (secondary N) is 1. The van der Waals surface area contributed by atoms with E-state index in [4.69, 9.17) is 0 Å². The van der Waals surface area contributed by atoms with Gasteiger partial charge in [0.15, 0.2) is 5.82 Å². The van der Waals surface area contributed by atoms with Crippen LogP contribution in [0, 0.1) is 10.1 Å². The molecule has 0 radical (unpaired) electrons. The highest BCUT2D eigenvalue weighted by Gasteiger charge is 2.28. The molecular formula is C29H21N6O4S+. The number of imidazole rings is 1. The van der Waals surface area contributed by atoms with Gasteiger partial charge in [-0.05, 0) is 60.7 Å². The molecule has 0 aliphatic heterocycles. The molecule has 3 aromatic heterocycles. The molecule has 0 fully saturated rings. The molecule has 3 heterocycles. The van der Waals surface area contributed by atoms with Gasteiger partial charge in [-0.3, -0.25) is 14.8 Å². The number of non-ortho nitro benzene ring substituents is 1. The third-order valence-electron chi connectivity index (χ3n) is 6.28. The second kappa shape index (κ2) is 10.0. The number of nitro groups is 1. The Labute approximate surface area is 229 Å². The molecule has 1 N–H and O–H groups in total. The minimum Gasteiger partial charge on any atom is -0.280 e. The highest BCUT2D eigenvalue weighted by atomic mass is 32.2. The number of aromatic nitrogens is 4. The molecule has 0 amide bonds. The lowest BCUT2D eigenvalue weighted by atomic mass is 10.2. The van der Waals surface area contributed by atoms with Crippen LogP contribution in [0.4, 0.5) is 11.4 Å². The van der Waals surface area contributed by atoms with Gasteiger partial charge >= 0.3 is 0 Å². The molecule has 6 rings (SSSR count). The Kier molecular flexibility index (Phi) is 6.25. The van der Waals surface area contributed by atoms with Crippen LogP contribution in [-0.2, 0) is 10.0 Å². The number of sulfonamides is 1. The predicted molar refractivity (Wildman–Crippen MR) is 150 cm³/mol. The zero-order valence-electron chi connectivity index (χ0n) is 20.8. The molecule has 0 aliphatic rings. The Balaban J connectivity index is 1.48. The highest BCUT2D eigenvalue weighted by molar-refractivity contribution is 7.92. The number of nitro benzene ring substituents is 1. The number of rotatable bonds is 7. The number of fused-ring (bicyclic) bond motifs is 1. The molecule has 40 heavy (non-hydrogen) atoms. The molecule has 11 heteroatoms. The van der Waals surface area contributed by atoms with Crippen molar-refractivity contribution in [2.45, 2.75) is 4.90 Å². The second-order valence-electron chi connectivity index (χ2n) is 8.80. The van der Waals surface area contributed by atoms with Crippen LogP contribution in [0.25, 0.3) is 34.1 Å². The summed E-state index contributed by atoms with van der Waals surface area (Å²) >= 11 is 0. The second-order valence-corrected chi connectivity index (χ2v) is 10.5. The molecule has 0 unspecified atom stereocenters. The van der Waals surface area contributed by atoms with Crippen molar-refractivity contribution in [2.24, 2.45) is 0 Å². The average Bonchev–Trinajstić information content (AvgIpc) is 3.33. The summed E-state index contributed by atoms with van der Waals surface area (Å²) in [5.74, 6) is 2.18. The SMILES string of the molecule is O=[N+]([O-])c1cccc(S(=O)(=O)Nc2ccc(-c3n(-c4ccccn4)c4ccccc4[n+]3-c3ccccn3)cc2)c1. The van der Waals surface area contributed by atoms with E-state index in [1.54, 1.807) is 36.7 Å². The maximum absolute atomic E-state index is 13.0. The molecule has 0 saturated heterocycles. The van der Waals surface area contributed by atoms with E-state index in [1.165, 1.54) is 18.2 Å². The fraction of sp³-hybridized carbons (Fsp3) is 0. The standard InChI is InChI=1S/C29H20N6O4S/c36-35(37)23-8-7-9-24(20-23)40(38,39)32-22-16-14-21(15-17-22)29-33(27-12-3-5-18-30-27)25-10-1-2-11-26(25)34(29)28-13-4-6-19-31-28/h1-20H/p+1. The third-order valence-corrected chi connectivity index (χ3v) is 7.66. The Hall–Kier alpha value is -5.42. The number of para-hydroxylation sites is 2. The Morgan fingerprint density at radius 2 is 1.52 bits per heavy atom. The quantitative estimate of drug-likeness (QED) is 0.168. The van der Waals surface area contributed by atoms with Gasteiger partial charge in [-0.15, -0.1) is 4.98 Å². The first-order valence-electron chi connectivity index (χ1n) is 12.2. The largest absolute Gasteiger partial charge is 0.280 e. The molecule has 0 saturated carbocycles. The first kappa shape index (κ1) is 24.9. The van der Waals surface area contributed by atoms with E-state index >= 15 is 0 Å². The van der Waals surface area contributed by atoms with Gasteiger partial charge in [0.05, 0.1) is 9.82 Å². The lowest BCUT2D eigenvalue weighted by molar-refractivity contribution is -0.559. The van der Waals surface area contributed by atoms with Crippen molar-refractivity contribution in [3.63, 3.8) is 0 Å². The molecule has 0 aliphatic carbocycles. The normalized spacial score (nSPS) is 11.4. The first-order valence-corrected chi connectivity index (χ1v) is 13.7. The van der Waals surface area contributed by atoms with E-state index in [2.05, 4.69) is 14.7 Å². The lowest BCUT2D eigenvalue weighted by Crippen LogP contribution is -2.34.